The predicted molar refractivity (Wildman–Crippen MR) is 147 cm³/mol. The molecule has 0 radical (unpaired) electrons. The van der Waals surface area contributed by atoms with Gasteiger partial charge in [0.15, 0.2) is 0 Å². The van der Waals surface area contributed by atoms with Crippen LogP contribution in [0.25, 0.3) is 5.69 Å². The molecular weight excluding hydrogens is 563 g/mol. The third-order valence-electron chi connectivity index (χ3n) is 6.12. The molecule has 1 aromatic heterocycles. The molecule has 2 atom stereocenters. The number of benzene rings is 2. The van der Waals surface area contributed by atoms with Crippen LogP contribution in [0, 0.1) is 24.5 Å². The number of hydrogen-bond acceptors (Lipinski definition) is 4. The molecule has 41 heavy (non-hydrogen) atoms. The Morgan fingerprint density at radius 2 is 1.85 bits per heavy atom. The van der Waals surface area contributed by atoms with Crippen LogP contribution in [0.1, 0.15) is 23.7 Å². The summed E-state index contributed by atoms with van der Waals surface area (Å²) in [5, 5.41) is 8.00. The molecule has 0 amide bonds. The number of amidine groups is 1. The second kappa shape index (κ2) is 12.5. The summed E-state index contributed by atoms with van der Waals surface area (Å²) in [6, 6.07) is 10.8. The van der Waals surface area contributed by atoms with E-state index in [0.29, 0.717) is 22.6 Å². The molecule has 2 unspecified atom stereocenters. The van der Waals surface area contributed by atoms with Crippen LogP contribution in [0.5, 0.6) is 0 Å². The molecule has 0 saturated carbocycles. The van der Waals surface area contributed by atoms with Crippen molar-refractivity contribution >= 4 is 23.5 Å². The molecule has 4 rings (SSSR count). The molecule has 0 spiro atoms. The first kappa shape index (κ1) is 29.7. The van der Waals surface area contributed by atoms with Gasteiger partial charge in [-0.25, -0.2) is 8.78 Å². The normalized spacial score (nSPS) is 18.2. The van der Waals surface area contributed by atoms with Crippen molar-refractivity contribution in [2.75, 3.05) is 7.05 Å². The largest absolute Gasteiger partial charge is 0.573 e. The third-order valence-corrected chi connectivity index (χ3v) is 7.06. The van der Waals surface area contributed by atoms with Gasteiger partial charge < -0.3 is 10.5 Å². The van der Waals surface area contributed by atoms with E-state index in [0.717, 1.165) is 5.56 Å². The summed E-state index contributed by atoms with van der Waals surface area (Å²) in [6.07, 6.45) is 0.866. The van der Waals surface area contributed by atoms with Crippen molar-refractivity contribution < 1.29 is 31.7 Å². The average Bonchev–Trinajstić information content (AvgIpc) is 3.24. The minimum atomic E-state index is -4.74. The first-order chi connectivity index (χ1) is 19.4. The van der Waals surface area contributed by atoms with Crippen LogP contribution in [0.4, 0.5) is 22.0 Å². The van der Waals surface area contributed by atoms with Gasteiger partial charge in [-0.05, 0) is 60.0 Å². The van der Waals surface area contributed by atoms with E-state index in [1.165, 1.54) is 52.6 Å². The van der Waals surface area contributed by atoms with Gasteiger partial charge in [0.1, 0.15) is 29.1 Å². The Kier molecular flexibility index (Phi) is 9.06. The summed E-state index contributed by atoms with van der Waals surface area (Å²) in [6.45, 7) is 3.92. The van der Waals surface area contributed by atoms with Gasteiger partial charge in [-0.2, -0.15) is 0 Å². The van der Waals surface area contributed by atoms with E-state index in [9.17, 15) is 22.0 Å². The van der Waals surface area contributed by atoms with Crippen molar-refractivity contribution in [1.29, 1.82) is 0 Å². The molecule has 2 aromatic carbocycles. The molecular formula is C28H28F5N6OS+. The van der Waals surface area contributed by atoms with Crippen molar-refractivity contribution in [2.45, 2.75) is 32.8 Å². The molecule has 0 saturated heterocycles. The molecule has 13 heteroatoms. The van der Waals surface area contributed by atoms with Crippen molar-refractivity contribution in [3.63, 3.8) is 0 Å². The van der Waals surface area contributed by atoms with Gasteiger partial charge >= 0.3 is 6.36 Å². The van der Waals surface area contributed by atoms with Crippen LogP contribution in [0.2, 0.25) is 0 Å². The minimum absolute atomic E-state index is 0.172. The van der Waals surface area contributed by atoms with Crippen LogP contribution >= 0.6 is 11.3 Å². The van der Waals surface area contributed by atoms with Gasteiger partial charge in [0, 0.05) is 29.6 Å². The fourth-order valence-corrected chi connectivity index (χ4v) is 5.04. The Labute approximate surface area is 237 Å². The number of hydrogen-bond donors (Lipinski definition) is 2. The summed E-state index contributed by atoms with van der Waals surface area (Å²) in [4.78, 5) is 7.64. The fourth-order valence-electron chi connectivity index (χ4n) is 4.13. The van der Waals surface area contributed by atoms with Crippen molar-refractivity contribution in [3.05, 3.63) is 105 Å². The Morgan fingerprint density at radius 3 is 2.49 bits per heavy atom. The highest BCUT2D eigenvalue weighted by Crippen LogP contribution is 2.25. The van der Waals surface area contributed by atoms with E-state index in [1.807, 2.05) is 12.1 Å². The van der Waals surface area contributed by atoms with Crippen LogP contribution in [-0.2, 0) is 11.3 Å². The highest BCUT2D eigenvalue weighted by molar-refractivity contribution is 7.07. The highest BCUT2D eigenvalue weighted by atomic mass is 32.1. The highest BCUT2D eigenvalue weighted by Gasteiger charge is 2.33. The molecule has 0 bridgehead atoms. The first-order valence-corrected chi connectivity index (χ1v) is 13.3. The lowest BCUT2D eigenvalue weighted by molar-refractivity contribution is -0.492. The predicted octanol–water partition coefficient (Wildman–Crippen LogP) is 3.88. The second-order valence-electron chi connectivity index (χ2n) is 9.35. The lowest BCUT2D eigenvalue weighted by Crippen LogP contribution is -2.77. The van der Waals surface area contributed by atoms with Crippen molar-refractivity contribution in [2.24, 2.45) is 21.7 Å². The van der Waals surface area contributed by atoms with Gasteiger partial charge in [0.05, 0.1) is 6.54 Å². The third kappa shape index (κ3) is 7.69. The van der Waals surface area contributed by atoms with E-state index in [1.54, 1.807) is 49.5 Å². The lowest BCUT2D eigenvalue weighted by atomic mass is 9.97. The van der Waals surface area contributed by atoms with Gasteiger partial charge in [-0.15, -0.1) is 29.6 Å². The first-order valence-electron chi connectivity index (χ1n) is 12.4. The van der Waals surface area contributed by atoms with E-state index in [-0.39, 0.29) is 29.2 Å². The van der Waals surface area contributed by atoms with E-state index in [2.05, 4.69) is 19.8 Å². The Hall–Kier alpha value is -4.26. The summed E-state index contributed by atoms with van der Waals surface area (Å²) >= 11 is 1.27. The molecule has 0 aliphatic heterocycles. The molecule has 3 aromatic rings. The summed E-state index contributed by atoms with van der Waals surface area (Å²) in [7, 11) is 1.76. The standard InChI is InChI=1S/C28H27F5N6OS/c1-17-13-21(40-28(31,32)33)11-12-24(17)35-16-36-26(34)20-9-7-19(8-10-20)14-38(3)37-27-39(18(2)15-41-27)25-22(29)5-4-6-23(25)30/h4-13,15-17,24H,14H2,1-3H3,(H2,34,35,36)/p+1/b37-27-. The monoisotopic (exact) mass is 591 g/mol. The van der Waals surface area contributed by atoms with Crippen LogP contribution in [-0.4, -0.2) is 41.2 Å². The van der Waals surface area contributed by atoms with E-state index < -0.39 is 18.0 Å². The number of ether oxygens (including phenoxy) is 1. The van der Waals surface area contributed by atoms with Crippen LogP contribution in [0.15, 0.2) is 81.9 Å². The van der Waals surface area contributed by atoms with Crippen molar-refractivity contribution in [3.8, 4) is 5.69 Å². The molecule has 7 nitrogen and oxygen atoms in total. The number of aliphatic imine (C=N–C) groups is 1. The van der Waals surface area contributed by atoms with Gasteiger partial charge in [0.2, 0.25) is 10.6 Å². The van der Waals surface area contributed by atoms with Crippen molar-refractivity contribution in [1.82, 2.24) is 9.58 Å². The zero-order chi connectivity index (χ0) is 29.7. The Bertz CT molecular complexity index is 1550. The number of para-hydroxylation sites is 1. The quantitative estimate of drug-likeness (QED) is 0.181. The number of nitrogens with zero attached hydrogens (tertiary/aromatic N) is 4. The fraction of sp³-hybridized carbons (Fsp3) is 0.250. The van der Waals surface area contributed by atoms with E-state index in [4.69, 9.17) is 5.73 Å². The van der Waals surface area contributed by atoms with Gasteiger partial charge in [0.25, 0.3) is 6.34 Å². The molecule has 216 valence electrons. The molecule has 1 heterocycles. The Morgan fingerprint density at radius 1 is 1.17 bits per heavy atom. The zero-order valence-electron chi connectivity index (χ0n) is 22.4. The number of nitrogens with one attached hydrogen (secondary N) is 1. The van der Waals surface area contributed by atoms with Gasteiger partial charge in [-0.3, -0.25) is 14.6 Å². The van der Waals surface area contributed by atoms with E-state index >= 15 is 0 Å². The molecule has 1 aliphatic rings. The number of aryl methyl sites for hydroxylation is 1. The maximum atomic E-state index is 14.4. The second-order valence-corrected chi connectivity index (χ2v) is 10.2. The maximum absolute atomic E-state index is 14.4. The van der Waals surface area contributed by atoms with Crippen LogP contribution in [0.3, 0.4) is 0 Å². The topological polar surface area (TPSA) is 82.1 Å². The average molecular weight is 592 g/mol. The number of allylic oxidation sites excluding steroid dienone is 1. The maximum Gasteiger partial charge on any atom is 0.573 e. The number of aromatic nitrogens is 1. The lowest BCUT2D eigenvalue weighted by Gasteiger charge is -2.18. The number of nitrogens with two attached hydrogens (primary N) is 1. The smallest absolute Gasteiger partial charge is 0.406 e. The number of halogens is 5. The zero-order valence-corrected chi connectivity index (χ0v) is 23.2. The number of thiazole rings is 1. The number of rotatable bonds is 8. The van der Waals surface area contributed by atoms with Gasteiger partial charge in [-0.1, -0.05) is 25.1 Å². The minimum Gasteiger partial charge on any atom is -0.406 e. The molecule has 3 N–H and O–H groups in total. The Balaban J connectivity index is 1.40. The molecule has 1 aliphatic carbocycles. The van der Waals surface area contributed by atoms with Crippen LogP contribution < -0.4 is 15.5 Å². The SMILES string of the molecule is Cc1cs/c(=N\N(C)Cc2ccc(C(N)=NC=[NH+]C3C=CC(OC(F)(F)F)=CC3C)cc2)n1-c1c(F)cccc1F. The summed E-state index contributed by atoms with van der Waals surface area (Å²) < 4.78 is 71.5. The number of alkyl halides is 3. The molecule has 0 fully saturated rings. The summed E-state index contributed by atoms with van der Waals surface area (Å²) in [5.41, 5.74) is 8.17. The summed E-state index contributed by atoms with van der Waals surface area (Å²) in [5.74, 6) is -1.64.